The second kappa shape index (κ2) is 3.96. The smallest absolute Gasteiger partial charge is 0.306 e. The molecule has 1 aromatic carbocycles. The molecule has 0 bridgehead atoms. The molecule has 1 heterocycles. The van der Waals surface area contributed by atoms with Crippen molar-refractivity contribution in [3.05, 3.63) is 35.8 Å². The first-order valence-corrected chi connectivity index (χ1v) is 4.97. The maximum Gasteiger partial charge on any atom is 0.306 e. The van der Waals surface area contributed by atoms with Crippen molar-refractivity contribution in [2.45, 2.75) is 13.3 Å². The number of benzene rings is 1. The minimum Gasteiger partial charge on any atom is -0.481 e. The summed E-state index contributed by atoms with van der Waals surface area (Å²) in [5, 5.41) is 9.46. The van der Waals surface area contributed by atoms with Crippen molar-refractivity contribution in [3.8, 4) is 0 Å². The molecule has 1 unspecified atom stereocenters. The number of fused-ring (bicyclic) bond motifs is 1. The molecule has 84 valence electrons. The van der Waals surface area contributed by atoms with E-state index in [9.17, 15) is 9.18 Å². The Morgan fingerprint density at radius 1 is 1.50 bits per heavy atom. The fraction of sp³-hybridized carbons (Fsp3) is 0.250. The van der Waals surface area contributed by atoms with Gasteiger partial charge in [0.25, 0.3) is 0 Å². The Labute approximate surface area is 91.5 Å². The first-order chi connectivity index (χ1) is 7.59. The van der Waals surface area contributed by atoms with Crippen LogP contribution in [0.3, 0.4) is 0 Å². The summed E-state index contributed by atoms with van der Waals surface area (Å²) >= 11 is 0. The molecule has 2 rings (SSSR count). The predicted molar refractivity (Wildman–Crippen MR) is 56.7 cm³/mol. The summed E-state index contributed by atoms with van der Waals surface area (Å²) in [4.78, 5) is 10.7. The molecular formula is C12H11FO3. The summed E-state index contributed by atoms with van der Waals surface area (Å²) in [6.07, 6.45) is 1.64. The Kier molecular flexibility index (Phi) is 2.64. The fourth-order valence-corrected chi connectivity index (χ4v) is 1.68. The van der Waals surface area contributed by atoms with Crippen LogP contribution in [0, 0.1) is 11.7 Å². The van der Waals surface area contributed by atoms with Gasteiger partial charge in [-0.2, -0.15) is 0 Å². The summed E-state index contributed by atoms with van der Waals surface area (Å²) in [7, 11) is 0. The van der Waals surface area contributed by atoms with Crippen LogP contribution in [-0.2, 0) is 11.2 Å². The Balaban J connectivity index is 2.45. The van der Waals surface area contributed by atoms with Gasteiger partial charge in [-0.3, -0.25) is 4.79 Å². The molecule has 0 aliphatic heterocycles. The van der Waals surface area contributed by atoms with E-state index in [-0.39, 0.29) is 12.2 Å². The van der Waals surface area contributed by atoms with E-state index in [0.29, 0.717) is 16.5 Å². The second-order valence-electron chi connectivity index (χ2n) is 3.80. The number of hydrogen-bond acceptors (Lipinski definition) is 2. The minimum atomic E-state index is -0.931. The summed E-state index contributed by atoms with van der Waals surface area (Å²) in [6, 6.07) is 4.50. The van der Waals surface area contributed by atoms with Crippen LogP contribution in [-0.4, -0.2) is 11.1 Å². The molecule has 0 aliphatic rings. The Morgan fingerprint density at radius 2 is 2.25 bits per heavy atom. The largest absolute Gasteiger partial charge is 0.481 e. The Bertz CT molecular complexity index is 530. The van der Waals surface area contributed by atoms with Gasteiger partial charge in [-0.15, -0.1) is 0 Å². The molecule has 3 nitrogen and oxygen atoms in total. The van der Waals surface area contributed by atoms with E-state index in [1.165, 1.54) is 12.3 Å². The van der Waals surface area contributed by atoms with Crippen LogP contribution in [0.25, 0.3) is 11.0 Å². The number of hydrogen-bond donors (Lipinski definition) is 1. The SMILES string of the molecule is CC(Cc1c(F)ccc2occc12)C(=O)O. The van der Waals surface area contributed by atoms with Gasteiger partial charge in [-0.05, 0) is 30.2 Å². The standard InChI is InChI=1S/C12H11FO3/c1-7(12(14)15)6-9-8-4-5-16-11(8)3-2-10(9)13/h2-5,7H,6H2,1H3,(H,14,15). The van der Waals surface area contributed by atoms with Crippen molar-refractivity contribution in [1.82, 2.24) is 0 Å². The van der Waals surface area contributed by atoms with Crippen LogP contribution in [0.2, 0.25) is 0 Å². The van der Waals surface area contributed by atoms with Gasteiger partial charge in [0.05, 0.1) is 12.2 Å². The van der Waals surface area contributed by atoms with Crippen LogP contribution in [0.15, 0.2) is 28.9 Å². The van der Waals surface area contributed by atoms with E-state index in [4.69, 9.17) is 9.52 Å². The lowest BCUT2D eigenvalue weighted by molar-refractivity contribution is -0.141. The van der Waals surface area contributed by atoms with E-state index < -0.39 is 11.9 Å². The van der Waals surface area contributed by atoms with Crippen LogP contribution in [0.5, 0.6) is 0 Å². The molecule has 1 atom stereocenters. The van der Waals surface area contributed by atoms with Gasteiger partial charge in [-0.25, -0.2) is 4.39 Å². The second-order valence-corrected chi connectivity index (χ2v) is 3.80. The van der Waals surface area contributed by atoms with Crippen molar-refractivity contribution in [2.75, 3.05) is 0 Å². The summed E-state index contributed by atoms with van der Waals surface area (Å²) in [5.41, 5.74) is 0.982. The third-order valence-electron chi connectivity index (χ3n) is 2.62. The van der Waals surface area contributed by atoms with Crippen LogP contribution >= 0.6 is 0 Å². The quantitative estimate of drug-likeness (QED) is 0.868. The lowest BCUT2D eigenvalue weighted by Gasteiger charge is -2.08. The molecule has 0 saturated carbocycles. The van der Waals surface area contributed by atoms with Crippen molar-refractivity contribution >= 4 is 16.9 Å². The topological polar surface area (TPSA) is 50.4 Å². The number of aliphatic carboxylic acids is 1. The van der Waals surface area contributed by atoms with Crippen molar-refractivity contribution in [1.29, 1.82) is 0 Å². The van der Waals surface area contributed by atoms with Gasteiger partial charge in [0.1, 0.15) is 11.4 Å². The molecule has 0 saturated heterocycles. The van der Waals surface area contributed by atoms with Crippen molar-refractivity contribution in [3.63, 3.8) is 0 Å². The Hall–Kier alpha value is -1.84. The van der Waals surface area contributed by atoms with Crippen molar-refractivity contribution in [2.24, 2.45) is 5.92 Å². The maximum absolute atomic E-state index is 13.6. The summed E-state index contributed by atoms with van der Waals surface area (Å²) < 4.78 is 18.7. The van der Waals surface area contributed by atoms with E-state index >= 15 is 0 Å². The third-order valence-corrected chi connectivity index (χ3v) is 2.62. The summed E-state index contributed by atoms with van der Waals surface area (Å²) in [6.45, 7) is 1.56. The highest BCUT2D eigenvalue weighted by Gasteiger charge is 2.17. The molecule has 0 fully saturated rings. The molecule has 4 heteroatoms. The normalized spacial score (nSPS) is 12.9. The lowest BCUT2D eigenvalue weighted by atomic mass is 9.98. The molecular weight excluding hydrogens is 211 g/mol. The predicted octanol–water partition coefficient (Wildman–Crippen LogP) is 2.84. The maximum atomic E-state index is 13.6. The zero-order chi connectivity index (χ0) is 11.7. The van der Waals surface area contributed by atoms with Crippen molar-refractivity contribution < 1.29 is 18.7 Å². The monoisotopic (exact) mass is 222 g/mol. The third kappa shape index (κ3) is 1.78. The zero-order valence-electron chi connectivity index (χ0n) is 8.74. The van der Waals surface area contributed by atoms with E-state index in [1.54, 1.807) is 19.1 Å². The number of halogens is 1. The fourth-order valence-electron chi connectivity index (χ4n) is 1.68. The first-order valence-electron chi connectivity index (χ1n) is 4.97. The molecule has 0 radical (unpaired) electrons. The van der Waals surface area contributed by atoms with E-state index in [1.807, 2.05) is 0 Å². The summed E-state index contributed by atoms with van der Waals surface area (Å²) in [5.74, 6) is -1.93. The first kappa shape index (κ1) is 10.7. The number of carboxylic acid groups (broad SMARTS) is 1. The highest BCUT2D eigenvalue weighted by atomic mass is 19.1. The molecule has 1 aromatic heterocycles. The average Bonchev–Trinajstić information content (AvgIpc) is 2.70. The number of carboxylic acids is 1. The Morgan fingerprint density at radius 3 is 2.94 bits per heavy atom. The van der Waals surface area contributed by atoms with Crippen LogP contribution < -0.4 is 0 Å². The van der Waals surface area contributed by atoms with E-state index in [0.717, 1.165) is 0 Å². The molecule has 1 N–H and O–H groups in total. The highest BCUT2D eigenvalue weighted by molar-refractivity contribution is 5.82. The molecule has 2 aromatic rings. The van der Waals surface area contributed by atoms with Gasteiger partial charge in [0, 0.05) is 5.39 Å². The van der Waals surface area contributed by atoms with Gasteiger partial charge < -0.3 is 9.52 Å². The molecule has 0 amide bonds. The lowest BCUT2D eigenvalue weighted by Crippen LogP contribution is -2.13. The molecule has 0 spiro atoms. The van der Waals surface area contributed by atoms with Gasteiger partial charge in [-0.1, -0.05) is 6.92 Å². The van der Waals surface area contributed by atoms with Crippen LogP contribution in [0.4, 0.5) is 4.39 Å². The highest BCUT2D eigenvalue weighted by Crippen LogP contribution is 2.25. The van der Waals surface area contributed by atoms with Gasteiger partial charge >= 0.3 is 5.97 Å². The van der Waals surface area contributed by atoms with Crippen LogP contribution in [0.1, 0.15) is 12.5 Å². The number of rotatable bonds is 3. The van der Waals surface area contributed by atoms with E-state index in [2.05, 4.69) is 0 Å². The minimum absolute atomic E-state index is 0.165. The zero-order valence-corrected chi connectivity index (χ0v) is 8.74. The molecule has 0 aliphatic carbocycles. The number of carbonyl (C=O) groups is 1. The van der Waals surface area contributed by atoms with Gasteiger partial charge in [0.2, 0.25) is 0 Å². The molecule has 16 heavy (non-hydrogen) atoms. The van der Waals surface area contributed by atoms with Gasteiger partial charge in [0.15, 0.2) is 0 Å². The average molecular weight is 222 g/mol. The number of furan rings is 1.